The molecule has 9 nitrogen and oxygen atoms in total. The highest BCUT2D eigenvalue weighted by Gasteiger charge is 2.41. The van der Waals surface area contributed by atoms with Gasteiger partial charge in [-0.1, -0.05) is 23.4 Å². The Kier molecular flexibility index (Phi) is 5.23. The van der Waals surface area contributed by atoms with Gasteiger partial charge in [0, 0.05) is 22.2 Å². The molecule has 0 spiro atoms. The molecule has 5 rings (SSSR count). The van der Waals surface area contributed by atoms with Gasteiger partial charge in [-0.05, 0) is 42.2 Å². The SMILES string of the molecule is C[C@]1(COc2ccc(-c3cc(-c4ccccc4C(F)(F)F)on3)cc2)Cn2cc([N+](=O)[O-])nc2O1. The molecule has 3 heterocycles. The molecule has 0 amide bonds. The fourth-order valence-corrected chi connectivity index (χ4v) is 3.80. The van der Waals surface area contributed by atoms with E-state index in [0.717, 1.165) is 6.07 Å². The van der Waals surface area contributed by atoms with Crippen LogP contribution in [0.1, 0.15) is 12.5 Å². The van der Waals surface area contributed by atoms with E-state index in [1.54, 1.807) is 35.8 Å². The lowest BCUT2D eigenvalue weighted by molar-refractivity contribution is -0.389. The van der Waals surface area contributed by atoms with Crippen LogP contribution in [0, 0.1) is 10.1 Å². The second-order valence-corrected chi connectivity index (χ2v) is 8.25. The van der Waals surface area contributed by atoms with Gasteiger partial charge in [-0.25, -0.2) is 0 Å². The zero-order valence-electron chi connectivity index (χ0n) is 18.2. The maximum absolute atomic E-state index is 13.3. The number of fused-ring (bicyclic) bond motifs is 1. The van der Waals surface area contributed by atoms with Crippen LogP contribution in [0.4, 0.5) is 19.0 Å². The summed E-state index contributed by atoms with van der Waals surface area (Å²) in [5.74, 6) is 0.258. The summed E-state index contributed by atoms with van der Waals surface area (Å²) in [4.78, 5) is 14.1. The second kappa shape index (κ2) is 8.15. The van der Waals surface area contributed by atoms with Crippen LogP contribution in [0.5, 0.6) is 11.8 Å². The summed E-state index contributed by atoms with van der Waals surface area (Å²) in [5.41, 5.74) is -0.642. The van der Waals surface area contributed by atoms with Crippen molar-refractivity contribution >= 4 is 5.82 Å². The number of benzene rings is 2. The Morgan fingerprint density at radius 2 is 1.94 bits per heavy atom. The minimum Gasteiger partial charge on any atom is -0.489 e. The number of imidazole rings is 1. The van der Waals surface area contributed by atoms with E-state index in [-0.39, 0.29) is 29.8 Å². The lowest BCUT2D eigenvalue weighted by atomic mass is 10.0. The van der Waals surface area contributed by atoms with Crippen LogP contribution in [0.15, 0.2) is 65.3 Å². The quantitative estimate of drug-likeness (QED) is 0.267. The van der Waals surface area contributed by atoms with Gasteiger partial charge < -0.3 is 24.1 Å². The van der Waals surface area contributed by atoms with Crippen LogP contribution in [-0.4, -0.2) is 31.8 Å². The van der Waals surface area contributed by atoms with Gasteiger partial charge >= 0.3 is 18.0 Å². The van der Waals surface area contributed by atoms with Gasteiger partial charge in [0.15, 0.2) is 11.4 Å². The minimum absolute atomic E-state index is 0.0114. The Labute approximate surface area is 195 Å². The molecule has 0 saturated carbocycles. The monoisotopic (exact) mass is 486 g/mol. The van der Waals surface area contributed by atoms with E-state index in [1.165, 1.54) is 30.5 Å². The normalized spacial score (nSPS) is 17.1. The van der Waals surface area contributed by atoms with Crippen molar-refractivity contribution in [1.29, 1.82) is 0 Å². The van der Waals surface area contributed by atoms with Crippen LogP contribution >= 0.6 is 0 Å². The third kappa shape index (κ3) is 4.42. The van der Waals surface area contributed by atoms with E-state index < -0.39 is 22.3 Å². The molecule has 180 valence electrons. The van der Waals surface area contributed by atoms with Crippen molar-refractivity contribution in [3.8, 4) is 34.3 Å². The van der Waals surface area contributed by atoms with Gasteiger partial charge in [0.2, 0.25) is 0 Å². The van der Waals surface area contributed by atoms with Crippen LogP contribution in [0.25, 0.3) is 22.6 Å². The molecular formula is C23H17F3N4O5. The van der Waals surface area contributed by atoms with Crippen molar-refractivity contribution < 1.29 is 32.1 Å². The third-order valence-corrected chi connectivity index (χ3v) is 5.46. The lowest BCUT2D eigenvalue weighted by Crippen LogP contribution is -2.38. The van der Waals surface area contributed by atoms with E-state index in [2.05, 4.69) is 10.1 Å². The topological polar surface area (TPSA) is 105 Å². The average Bonchev–Trinajstić information content (AvgIpc) is 3.52. The lowest BCUT2D eigenvalue weighted by Gasteiger charge is -2.22. The summed E-state index contributed by atoms with van der Waals surface area (Å²) in [7, 11) is 0. The Morgan fingerprint density at radius 1 is 1.20 bits per heavy atom. The molecule has 0 bridgehead atoms. The van der Waals surface area contributed by atoms with Gasteiger partial charge in [-0.15, -0.1) is 0 Å². The van der Waals surface area contributed by atoms with Gasteiger partial charge in [-0.2, -0.15) is 13.2 Å². The minimum atomic E-state index is -4.52. The maximum Gasteiger partial charge on any atom is 0.417 e. The highest BCUT2D eigenvalue weighted by Crippen LogP contribution is 2.38. The number of nitro groups is 1. The Morgan fingerprint density at radius 3 is 2.63 bits per heavy atom. The van der Waals surface area contributed by atoms with Crippen molar-refractivity contribution in [3.05, 3.63) is 76.5 Å². The molecule has 0 radical (unpaired) electrons. The first kappa shape index (κ1) is 22.4. The van der Waals surface area contributed by atoms with Crippen LogP contribution in [-0.2, 0) is 12.7 Å². The molecule has 0 fully saturated rings. The molecule has 0 unspecified atom stereocenters. The standard InChI is InChI=1S/C23H17F3N4O5/c1-22(12-29-11-20(30(31)32)27-21(29)34-22)13-33-15-8-6-14(7-9-15)18-10-19(35-28-18)16-4-2-3-5-17(16)23(24,25)26/h2-11H,12-13H2,1H3/t22-/m1/s1. The molecule has 35 heavy (non-hydrogen) atoms. The van der Waals surface area contributed by atoms with Gasteiger partial charge in [0.25, 0.3) is 0 Å². The Hall–Kier alpha value is -4.35. The molecule has 0 N–H and O–H groups in total. The number of ether oxygens (including phenoxy) is 2. The first-order chi connectivity index (χ1) is 16.6. The number of hydrogen-bond donors (Lipinski definition) is 0. The van der Waals surface area contributed by atoms with Crippen LogP contribution < -0.4 is 9.47 Å². The smallest absolute Gasteiger partial charge is 0.417 e. The van der Waals surface area contributed by atoms with Crippen molar-refractivity contribution in [2.45, 2.75) is 25.2 Å². The fourth-order valence-electron chi connectivity index (χ4n) is 3.80. The van der Waals surface area contributed by atoms with Crippen molar-refractivity contribution in [1.82, 2.24) is 14.7 Å². The largest absolute Gasteiger partial charge is 0.489 e. The average molecular weight is 486 g/mol. The molecule has 1 atom stereocenters. The summed E-state index contributed by atoms with van der Waals surface area (Å²) in [6.45, 7) is 2.30. The Bertz CT molecular complexity index is 1370. The third-order valence-electron chi connectivity index (χ3n) is 5.46. The molecule has 1 aliphatic rings. The highest BCUT2D eigenvalue weighted by molar-refractivity contribution is 5.69. The first-order valence-electron chi connectivity index (χ1n) is 10.4. The molecule has 0 aliphatic carbocycles. The molecule has 0 saturated heterocycles. The summed E-state index contributed by atoms with van der Waals surface area (Å²) >= 11 is 0. The van der Waals surface area contributed by atoms with Gasteiger partial charge in [0.05, 0.1) is 12.1 Å². The summed E-state index contributed by atoms with van der Waals surface area (Å²) in [6, 6.07) is 13.5. The number of halogens is 3. The van der Waals surface area contributed by atoms with Crippen molar-refractivity contribution in [2.75, 3.05) is 6.61 Å². The number of rotatable bonds is 6. The van der Waals surface area contributed by atoms with E-state index in [1.807, 2.05) is 0 Å². The van der Waals surface area contributed by atoms with Crippen molar-refractivity contribution in [3.63, 3.8) is 0 Å². The van der Waals surface area contributed by atoms with E-state index in [4.69, 9.17) is 14.0 Å². The first-order valence-corrected chi connectivity index (χ1v) is 10.4. The highest BCUT2D eigenvalue weighted by atomic mass is 19.4. The number of hydrogen-bond acceptors (Lipinski definition) is 7. The van der Waals surface area contributed by atoms with E-state index >= 15 is 0 Å². The summed E-state index contributed by atoms with van der Waals surface area (Å²) in [6.07, 6.45) is -3.20. The zero-order valence-corrected chi connectivity index (χ0v) is 18.2. The summed E-state index contributed by atoms with van der Waals surface area (Å²) in [5, 5.41) is 14.7. The van der Waals surface area contributed by atoms with Gasteiger partial charge in [-0.3, -0.25) is 4.57 Å². The molecule has 12 heteroatoms. The molecule has 1 aliphatic heterocycles. The number of nitrogens with zero attached hydrogens (tertiary/aromatic N) is 4. The predicted molar refractivity (Wildman–Crippen MR) is 116 cm³/mol. The number of aromatic nitrogens is 3. The zero-order chi connectivity index (χ0) is 24.8. The fraction of sp³-hybridized carbons (Fsp3) is 0.217. The van der Waals surface area contributed by atoms with E-state index in [0.29, 0.717) is 23.6 Å². The number of alkyl halides is 3. The summed E-state index contributed by atoms with van der Waals surface area (Å²) < 4.78 is 58.3. The van der Waals surface area contributed by atoms with E-state index in [9.17, 15) is 23.3 Å². The molecule has 2 aromatic heterocycles. The molecule has 4 aromatic rings. The molecule has 2 aromatic carbocycles. The maximum atomic E-state index is 13.3. The van der Waals surface area contributed by atoms with Crippen molar-refractivity contribution in [2.24, 2.45) is 0 Å². The second-order valence-electron chi connectivity index (χ2n) is 8.25. The molecular weight excluding hydrogens is 469 g/mol. The predicted octanol–water partition coefficient (Wildman–Crippen LogP) is 5.36. The van der Waals surface area contributed by atoms with Gasteiger partial charge in [0.1, 0.15) is 24.2 Å². The van der Waals surface area contributed by atoms with Crippen LogP contribution in [0.2, 0.25) is 0 Å². The van der Waals surface area contributed by atoms with Crippen LogP contribution in [0.3, 0.4) is 0 Å². The Balaban J connectivity index is 1.26.